The van der Waals surface area contributed by atoms with Gasteiger partial charge in [-0.05, 0) is 13.3 Å². The van der Waals surface area contributed by atoms with Crippen molar-refractivity contribution in [2.24, 2.45) is 5.10 Å². The first-order valence-corrected chi connectivity index (χ1v) is 7.05. The zero-order valence-corrected chi connectivity index (χ0v) is 10.4. The van der Waals surface area contributed by atoms with E-state index in [9.17, 15) is 13.2 Å². The van der Waals surface area contributed by atoms with E-state index in [0.29, 0.717) is 12.1 Å². The molecule has 92 valence electrons. The average molecular weight is 247 g/mol. The smallest absolute Gasteiger partial charge is 0.303 e. The third-order valence-electron chi connectivity index (χ3n) is 2.21. The van der Waals surface area contributed by atoms with Gasteiger partial charge in [-0.3, -0.25) is 0 Å². The topological polar surface area (TPSA) is 78.8 Å². The van der Waals surface area contributed by atoms with Crippen molar-refractivity contribution in [3.8, 4) is 0 Å². The molecule has 1 rings (SSSR count). The van der Waals surface area contributed by atoms with Gasteiger partial charge in [0.15, 0.2) is 9.84 Å². The summed E-state index contributed by atoms with van der Waals surface area (Å²) >= 11 is 0. The summed E-state index contributed by atoms with van der Waals surface area (Å²) in [5, 5.41) is 3.73. The molecule has 0 aliphatic carbocycles. The highest BCUT2D eigenvalue weighted by Gasteiger charge is 2.24. The molecule has 0 spiro atoms. The van der Waals surface area contributed by atoms with Crippen molar-refractivity contribution in [3.63, 3.8) is 0 Å². The fourth-order valence-electron chi connectivity index (χ4n) is 1.37. The van der Waals surface area contributed by atoms with Gasteiger partial charge in [0, 0.05) is 0 Å². The summed E-state index contributed by atoms with van der Waals surface area (Å²) in [6.07, 6.45) is 1.46. The van der Waals surface area contributed by atoms with Crippen molar-refractivity contribution in [1.82, 2.24) is 10.3 Å². The van der Waals surface area contributed by atoms with Crippen LogP contribution < -0.4 is 5.43 Å². The summed E-state index contributed by atoms with van der Waals surface area (Å²) < 4.78 is 23.3. The molecule has 2 amide bonds. The molecule has 7 heteroatoms. The third-order valence-corrected chi connectivity index (χ3v) is 3.83. The van der Waals surface area contributed by atoms with E-state index in [4.69, 9.17) is 0 Å². The molecular weight excluding hydrogens is 230 g/mol. The van der Waals surface area contributed by atoms with Crippen molar-refractivity contribution in [1.29, 1.82) is 0 Å². The summed E-state index contributed by atoms with van der Waals surface area (Å²) in [6, 6.07) is -0.453. The lowest BCUT2D eigenvalue weighted by molar-refractivity contribution is 0.209. The molecule has 0 aromatic heterocycles. The molecule has 1 aliphatic rings. The molecule has 0 fully saturated rings. The number of sulfone groups is 1. The van der Waals surface area contributed by atoms with E-state index in [-0.39, 0.29) is 18.2 Å². The van der Waals surface area contributed by atoms with Crippen LogP contribution in [0.15, 0.2) is 5.10 Å². The Morgan fingerprint density at radius 3 is 2.81 bits per heavy atom. The number of rotatable bonds is 5. The molecule has 1 aliphatic heterocycles. The molecule has 0 bridgehead atoms. The number of hydrazone groups is 1. The van der Waals surface area contributed by atoms with Crippen molar-refractivity contribution < 1.29 is 13.2 Å². The highest BCUT2D eigenvalue weighted by atomic mass is 32.2. The molecule has 6 nitrogen and oxygen atoms in total. The van der Waals surface area contributed by atoms with Crippen LogP contribution in [0.5, 0.6) is 0 Å². The highest BCUT2D eigenvalue weighted by Crippen LogP contribution is 2.04. The van der Waals surface area contributed by atoms with Crippen LogP contribution in [0.1, 0.15) is 26.7 Å². The Morgan fingerprint density at radius 1 is 1.50 bits per heavy atom. The van der Waals surface area contributed by atoms with Gasteiger partial charge in [0.2, 0.25) is 0 Å². The molecule has 1 heterocycles. The number of hydrogen-bond acceptors (Lipinski definition) is 4. The van der Waals surface area contributed by atoms with Crippen LogP contribution in [0.25, 0.3) is 0 Å². The lowest BCUT2D eigenvalue weighted by atomic mass is 10.4. The molecular formula is C9H17N3O3S. The van der Waals surface area contributed by atoms with E-state index in [1.807, 2.05) is 6.92 Å². The molecule has 1 N–H and O–H groups in total. The largest absolute Gasteiger partial charge is 0.338 e. The maximum absolute atomic E-state index is 11.6. The standard InChI is InChI=1S/C9H17N3O3S/c1-3-4-5-16(14,15)7-12-6-8(2)10-11-9(12)13/h3-7H2,1-2H3,(H,11,13). The SMILES string of the molecule is CCCCS(=O)(=O)CN1CC(C)=NNC1=O. The Labute approximate surface area is 95.6 Å². The van der Waals surface area contributed by atoms with Crippen LogP contribution in [-0.4, -0.2) is 43.2 Å². The third kappa shape index (κ3) is 3.80. The van der Waals surface area contributed by atoms with Gasteiger partial charge >= 0.3 is 6.03 Å². The number of hydrogen-bond donors (Lipinski definition) is 1. The number of nitrogens with one attached hydrogen (secondary N) is 1. The van der Waals surface area contributed by atoms with Gasteiger partial charge in [0.25, 0.3) is 0 Å². The second kappa shape index (κ2) is 5.29. The van der Waals surface area contributed by atoms with E-state index >= 15 is 0 Å². The van der Waals surface area contributed by atoms with Crippen LogP contribution in [0, 0.1) is 0 Å². The molecule has 16 heavy (non-hydrogen) atoms. The molecule has 0 saturated carbocycles. The molecule has 0 atom stereocenters. The van der Waals surface area contributed by atoms with Gasteiger partial charge in [-0.2, -0.15) is 5.10 Å². The average Bonchev–Trinajstić information content (AvgIpc) is 2.20. The quantitative estimate of drug-likeness (QED) is 0.771. The van der Waals surface area contributed by atoms with E-state index in [1.165, 1.54) is 4.90 Å². The summed E-state index contributed by atoms with van der Waals surface area (Å²) in [5.74, 6) is -0.102. The first kappa shape index (κ1) is 13.0. The van der Waals surface area contributed by atoms with Crippen LogP contribution in [0.2, 0.25) is 0 Å². The second-order valence-corrected chi connectivity index (χ2v) is 6.05. The monoisotopic (exact) mass is 247 g/mol. The summed E-state index contributed by atoms with van der Waals surface area (Å²) in [6.45, 7) is 3.95. The van der Waals surface area contributed by atoms with Crippen LogP contribution in [0.4, 0.5) is 4.79 Å². The predicted octanol–water partition coefficient (Wildman–Crippen LogP) is 0.560. The lowest BCUT2D eigenvalue weighted by Gasteiger charge is -2.25. The highest BCUT2D eigenvalue weighted by molar-refractivity contribution is 7.91. The van der Waals surface area contributed by atoms with Crippen molar-refractivity contribution in [3.05, 3.63) is 0 Å². The van der Waals surface area contributed by atoms with Gasteiger partial charge in [0.1, 0.15) is 5.88 Å². The van der Waals surface area contributed by atoms with Gasteiger partial charge < -0.3 is 4.90 Å². The minimum absolute atomic E-state index is 0.128. The predicted molar refractivity (Wildman–Crippen MR) is 61.9 cm³/mol. The van der Waals surface area contributed by atoms with Gasteiger partial charge in [0.05, 0.1) is 18.0 Å². The number of amides is 2. The van der Waals surface area contributed by atoms with Gasteiger partial charge in [-0.25, -0.2) is 18.6 Å². The van der Waals surface area contributed by atoms with E-state index in [1.54, 1.807) is 6.92 Å². The Morgan fingerprint density at radius 2 is 2.19 bits per heavy atom. The summed E-state index contributed by atoms with van der Waals surface area (Å²) in [7, 11) is -3.19. The number of carbonyl (C=O) groups is 1. The number of nitrogens with zero attached hydrogens (tertiary/aromatic N) is 2. The van der Waals surface area contributed by atoms with Crippen LogP contribution in [-0.2, 0) is 9.84 Å². The number of carbonyl (C=O) groups excluding carboxylic acids is 1. The molecule has 0 aromatic carbocycles. The maximum atomic E-state index is 11.6. The Balaban J connectivity index is 2.60. The van der Waals surface area contributed by atoms with Crippen LogP contribution >= 0.6 is 0 Å². The van der Waals surface area contributed by atoms with Gasteiger partial charge in [-0.15, -0.1) is 0 Å². The minimum atomic E-state index is -3.19. The Hall–Kier alpha value is -1.11. The Bertz CT molecular complexity index is 389. The van der Waals surface area contributed by atoms with E-state index in [0.717, 1.165) is 6.42 Å². The molecule has 0 radical (unpaired) electrons. The number of urea groups is 1. The van der Waals surface area contributed by atoms with Gasteiger partial charge in [-0.1, -0.05) is 13.3 Å². The van der Waals surface area contributed by atoms with Crippen LogP contribution in [0.3, 0.4) is 0 Å². The maximum Gasteiger partial charge on any atom is 0.338 e. The zero-order valence-electron chi connectivity index (χ0n) is 9.56. The normalized spacial score (nSPS) is 17.0. The second-order valence-electron chi connectivity index (χ2n) is 3.89. The molecule has 0 aromatic rings. The first-order chi connectivity index (χ1) is 7.44. The fourth-order valence-corrected chi connectivity index (χ4v) is 2.91. The summed E-state index contributed by atoms with van der Waals surface area (Å²) in [4.78, 5) is 12.6. The molecule has 0 saturated heterocycles. The fraction of sp³-hybridized carbons (Fsp3) is 0.778. The van der Waals surface area contributed by atoms with Crippen molar-refractivity contribution in [2.45, 2.75) is 26.7 Å². The zero-order chi connectivity index (χ0) is 12.2. The van der Waals surface area contributed by atoms with E-state index in [2.05, 4.69) is 10.5 Å². The van der Waals surface area contributed by atoms with E-state index < -0.39 is 15.9 Å². The number of unbranched alkanes of at least 4 members (excludes halogenated alkanes) is 1. The summed E-state index contributed by atoms with van der Waals surface area (Å²) in [5.41, 5.74) is 2.97. The molecule has 0 unspecified atom stereocenters. The minimum Gasteiger partial charge on any atom is -0.303 e. The lowest BCUT2D eigenvalue weighted by Crippen LogP contribution is -2.47. The Kier molecular flexibility index (Phi) is 4.28. The van der Waals surface area contributed by atoms with Crippen molar-refractivity contribution >= 4 is 21.6 Å². The van der Waals surface area contributed by atoms with Crippen molar-refractivity contribution in [2.75, 3.05) is 18.2 Å². The first-order valence-electron chi connectivity index (χ1n) is 5.23.